The van der Waals surface area contributed by atoms with Gasteiger partial charge in [0.25, 0.3) is 0 Å². The van der Waals surface area contributed by atoms with Gasteiger partial charge in [-0.25, -0.2) is 0 Å². The summed E-state index contributed by atoms with van der Waals surface area (Å²) in [6.45, 7) is 12.3. The summed E-state index contributed by atoms with van der Waals surface area (Å²) < 4.78 is 0. The summed E-state index contributed by atoms with van der Waals surface area (Å²) in [4.78, 5) is 0. The van der Waals surface area contributed by atoms with Gasteiger partial charge in [0, 0.05) is 0 Å². The molecular weight excluding hydrogens is 252 g/mol. The van der Waals surface area contributed by atoms with Crippen molar-refractivity contribution in [3.63, 3.8) is 0 Å². The van der Waals surface area contributed by atoms with Crippen molar-refractivity contribution in [2.45, 2.75) is 98.8 Å². The van der Waals surface area contributed by atoms with E-state index in [1.807, 2.05) is 0 Å². The molecule has 0 spiro atoms. The molecular formula is C21H40. The topological polar surface area (TPSA) is 0 Å². The Morgan fingerprint density at radius 3 is 1.57 bits per heavy atom. The second-order valence-corrected chi connectivity index (χ2v) is 9.71. The van der Waals surface area contributed by atoms with Crippen LogP contribution >= 0.6 is 0 Å². The van der Waals surface area contributed by atoms with Gasteiger partial charge >= 0.3 is 0 Å². The molecule has 2 atom stereocenters. The third-order valence-corrected chi connectivity index (χ3v) is 6.75. The number of rotatable bonds is 1. The summed E-state index contributed by atoms with van der Waals surface area (Å²) in [6.07, 6.45) is 15.1. The van der Waals surface area contributed by atoms with E-state index in [1.54, 1.807) is 0 Å². The van der Waals surface area contributed by atoms with Gasteiger partial charge in [0.1, 0.15) is 0 Å². The molecule has 0 N–H and O–H groups in total. The molecule has 0 heterocycles. The Labute approximate surface area is 134 Å². The molecule has 0 radical (unpaired) electrons. The summed E-state index contributed by atoms with van der Waals surface area (Å²) in [5.74, 6) is 4.96. The van der Waals surface area contributed by atoms with E-state index in [4.69, 9.17) is 0 Å². The molecule has 0 aromatic carbocycles. The van der Waals surface area contributed by atoms with Crippen LogP contribution in [0.3, 0.4) is 0 Å². The first-order valence-electron chi connectivity index (χ1n) is 9.86. The summed E-state index contributed by atoms with van der Waals surface area (Å²) in [7, 11) is 0. The molecule has 2 aliphatic carbocycles. The molecule has 0 nitrogen and oxygen atoms in total. The molecule has 2 rings (SSSR count). The number of hydrogen-bond donors (Lipinski definition) is 0. The van der Waals surface area contributed by atoms with Gasteiger partial charge in [-0.3, -0.25) is 0 Å². The Morgan fingerprint density at radius 2 is 1.19 bits per heavy atom. The molecule has 2 fully saturated rings. The van der Waals surface area contributed by atoms with Crippen molar-refractivity contribution in [3.05, 3.63) is 0 Å². The summed E-state index contributed by atoms with van der Waals surface area (Å²) >= 11 is 0. The quantitative estimate of drug-likeness (QED) is 0.484. The van der Waals surface area contributed by atoms with Crippen LogP contribution in [0, 0.1) is 35.0 Å². The van der Waals surface area contributed by atoms with Crippen molar-refractivity contribution in [2.75, 3.05) is 0 Å². The Balaban J connectivity index is 2.02. The fourth-order valence-corrected chi connectivity index (χ4v) is 5.04. The van der Waals surface area contributed by atoms with E-state index >= 15 is 0 Å². The highest BCUT2D eigenvalue weighted by molar-refractivity contribution is 4.81. The zero-order valence-corrected chi connectivity index (χ0v) is 15.5. The minimum atomic E-state index is 0.517. The highest BCUT2D eigenvalue weighted by atomic mass is 14.4. The minimum absolute atomic E-state index is 0.517. The highest BCUT2D eigenvalue weighted by Gasteiger charge is 2.30. The molecule has 2 bridgehead atoms. The Morgan fingerprint density at radius 1 is 0.714 bits per heavy atom. The molecule has 21 heavy (non-hydrogen) atoms. The zero-order chi connectivity index (χ0) is 15.5. The monoisotopic (exact) mass is 292 g/mol. The highest BCUT2D eigenvalue weighted by Crippen LogP contribution is 2.42. The van der Waals surface area contributed by atoms with Crippen LogP contribution in [0.4, 0.5) is 0 Å². The first-order chi connectivity index (χ1) is 9.86. The molecule has 2 unspecified atom stereocenters. The van der Waals surface area contributed by atoms with Gasteiger partial charge in [-0.2, -0.15) is 0 Å². The van der Waals surface area contributed by atoms with Crippen molar-refractivity contribution < 1.29 is 0 Å². The predicted octanol–water partition coefficient (Wildman–Crippen LogP) is 7.08. The average Bonchev–Trinajstić information content (AvgIpc) is 2.59. The second kappa shape index (κ2) is 7.51. The van der Waals surface area contributed by atoms with Crippen molar-refractivity contribution in [2.24, 2.45) is 35.0 Å². The van der Waals surface area contributed by atoms with Crippen molar-refractivity contribution >= 4 is 0 Å². The van der Waals surface area contributed by atoms with Crippen LogP contribution in [0.15, 0.2) is 0 Å². The SMILES string of the molecule is CC(C)C1CC2CCCC(C(C)(C)C)CCCC(CC2)C1. The Hall–Kier alpha value is 0. The second-order valence-electron chi connectivity index (χ2n) is 9.71. The summed E-state index contributed by atoms with van der Waals surface area (Å²) in [5, 5.41) is 0. The molecule has 0 heteroatoms. The maximum atomic E-state index is 2.47. The van der Waals surface area contributed by atoms with Crippen molar-refractivity contribution in [3.8, 4) is 0 Å². The number of hydrogen-bond acceptors (Lipinski definition) is 0. The molecule has 0 aromatic heterocycles. The normalized spacial score (nSPS) is 36.3. The molecule has 2 saturated carbocycles. The molecule has 0 aromatic rings. The van der Waals surface area contributed by atoms with Crippen LogP contribution in [-0.4, -0.2) is 0 Å². The van der Waals surface area contributed by atoms with Crippen LogP contribution in [0.1, 0.15) is 98.8 Å². The maximum Gasteiger partial charge on any atom is -0.0354 e. The van der Waals surface area contributed by atoms with E-state index in [9.17, 15) is 0 Å². The van der Waals surface area contributed by atoms with E-state index in [0.29, 0.717) is 5.41 Å². The zero-order valence-electron chi connectivity index (χ0n) is 15.5. The first-order valence-corrected chi connectivity index (χ1v) is 9.86. The third kappa shape index (κ3) is 5.29. The predicted molar refractivity (Wildman–Crippen MR) is 94.4 cm³/mol. The van der Waals surface area contributed by atoms with Gasteiger partial charge in [0.2, 0.25) is 0 Å². The fraction of sp³-hybridized carbons (Fsp3) is 1.00. The van der Waals surface area contributed by atoms with Gasteiger partial charge in [0.05, 0.1) is 0 Å². The smallest absolute Gasteiger partial charge is 0.0354 e. The average molecular weight is 293 g/mol. The van der Waals surface area contributed by atoms with Gasteiger partial charge in [-0.15, -0.1) is 0 Å². The van der Waals surface area contributed by atoms with Crippen molar-refractivity contribution in [1.82, 2.24) is 0 Å². The molecule has 0 amide bonds. The van der Waals surface area contributed by atoms with E-state index in [0.717, 1.165) is 29.6 Å². The van der Waals surface area contributed by atoms with Crippen LogP contribution in [0.2, 0.25) is 0 Å². The van der Waals surface area contributed by atoms with E-state index in [1.165, 1.54) is 64.2 Å². The first kappa shape index (κ1) is 17.4. The maximum absolute atomic E-state index is 2.47. The van der Waals surface area contributed by atoms with E-state index in [2.05, 4.69) is 34.6 Å². The fourth-order valence-electron chi connectivity index (χ4n) is 5.04. The molecule has 2 aliphatic rings. The van der Waals surface area contributed by atoms with Crippen LogP contribution in [0.5, 0.6) is 0 Å². The van der Waals surface area contributed by atoms with Gasteiger partial charge in [-0.1, -0.05) is 73.1 Å². The number of fused-ring (bicyclic) bond motifs is 3. The molecule has 0 aliphatic heterocycles. The Bertz CT molecular complexity index is 276. The Kier molecular flexibility index (Phi) is 6.21. The van der Waals surface area contributed by atoms with Gasteiger partial charge in [0.15, 0.2) is 0 Å². The van der Waals surface area contributed by atoms with E-state index < -0.39 is 0 Å². The lowest BCUT2D eigenvalue weighted by Gasteiger charge is -2.32. The van der Waals surface area contributed by atoms with E-state index in [-0.39, 0.29) is 0 Å². The van der Waals surface area contributed by atoms with Crippen LogP contribution < -0.4 is 0 Å². The lowest BCUT2D eigenvalue weighted by atomic mass is 9.73. The summed E-state index contributed by atoms with van der Waals surface area (Å²) in [5.41, 5.74) is 0.517. The van der Waals surface area contributed by atoms with Crippen LogP contribution in [0.25, 0.3) is 0 Å². The lowest BCUT2D eigenvalue weighted by Crippen LogP contribution is -2.21. The summed E-state index contributed by atoms with van der Waals surface area (Å²) in [6, 6.07) is 0. The minimum Gasteiger partial charge on any atom is -0.0625 e. The van der Waals surface area contributed by atoms with Gasteiger partial charge in [-0.05, 0) is 60.7 Å². The van der Waals surface area contributed by atoms with Crippen molar-refractivity contribution in [1.29, 1.82) is 0 Å². The largest absolute Gasteiger partial charge is 0.0625 e. The molecule has 0 saturated heterocycles. The third-order valence-electron chi connectivity index (χ3n) is 6.75. The lowest BCUT2D eigenvalue weighted by molar-refractivity contribution is 0.186. The van der Waals surface area contributed by atoms with Crippen LogP contribution in [-0.2, 0) is 0 Å². The van der Waals surface area contributed by atoms with Gasteiger partial charge < -0.3 is 0 Å². The standard InChI is InChI=1S/C21H40/c1-16(2)19-14-17-8-6-10-20(21(3,4)5)11-7-9-18(15-19)13-12-17/h16-20H,6-15H2,1-5H3. The molecule has 124 valence electrons.